The van der Waals surface area contributed by atoms with E-state index in [0.717, 1.165) is 19.5 Å². The Morgan fingerprint density at radius 3 is 2.47 bits per heavy atom. The van der Waals surface area contributed by atoms with Gasteiger partial charge in [0.2, 0.25) is 0 Å². The fraction of sp³-hybridized carbons (Fsp3) is 0.333. The Bertz CT molecular complexity index is 490. The molecule has 0 aliphatic rings. The van der Waals surface area contributed by atoms with E-state index in [9.17, 15) is 0 Å². The number of likely N-dealkylation sites (N-methyl/N-ethyl adjacent to an activating group) is 1. The normalized spacial score (nSPS) is 12.3. The first-order valence-corrected chi connectivity index (χ1v) is 7.10. The second-order valence-corrected chi connectivity index (χ2v) is 5.11. The van der Waals surface area contributed by atoms with Gasteiger partial charge in [0.1, 0.15) is 0 Å². The van der Waals surface area contributed by atoms with Gasteiger partial charge in [0.15, 0.2) is 0 Å². The number of aryl methyl sites for hydroxylation is 1. The predicted octanol–water partition coefficient (Wildman–Crippen LogP) is 3.93. The second kappa shape index (κ2) is 7.10. The Hall–Kier alpha value is -1.60. The van der Waals surface area contributed by atoms with E-state index in [2.05, 4.69) is 73.8 Å². The van der Waals surface area contributed by atoms with Crippen molar-refractivity contribution in [1.29, 1.82) is 0 Å². The number of rotatable bonds is 6. The van der Waals surface area contributed by atoms with Crippen LogP contribution in [0, 0.1) is 6.92 Å². The van der Waals surface area contributed by atoms with Crippen molar-refractivity contribution in [2.24, 2.45) is 0 Å². The van der Waals surface area contributed by atoms with Gasteiger partial charge >= 0.3 is 0 Å². The maximum Gasteiger partial charge on any atom is 0.00232 e. The lowest BCUT2D eigenvalue weighted by molar-refractivity contribution is 0.594. The molecule has 1 nitrogen and oxygen atoms in total. The molecular weight excluding hydrogens is 230 g/mol. The first kappa shape index (κ1) is 13.8. The van der Waals surface area contributed by atoms with Crippen molar-refractivity contribution in [2.45, 2.75) is 26.2 Å². The summed E-state index contributed by atoms with van der Waals surface area (Å²) in [6.07, 6.45) is 1.09. The molecule has 0 saturated heterocycles. The molecule has 1 unspecified atom stereocenters. The van der Waals surface area contributed by atoms with E-state index in [4.69, 9.17) is 0 Å². The summed E-state index contributed by atoms with van der Waals surface area (Å²) in [5, 5.41) is 3.49. The number of hydrogen-bond donors (Lipinski definition) is 1. The summed E-state index contributed by atoms with van der Waals surface area (Å²) >= 11 is 0. The third kappa shape index (κ3) is 4.22. The highest BCUT2D eigenvalue weighted by Gasteiger charge is 2.11. The van der Waals surface area contributed by atoms with Crippen LogP contribution in [-0.4, -0.2) is 13.1 Å². The van der Waals surface area contributed by atoms with Crippen molar-refractivity contribution in [1.82, 2.24) is 5.32 Å². The van der Waals surface area contributed by atoms with Crippen LogP contribution in [0.3, 0.4) is 0 Å². The molecule has 0 fully saturated rings. The Labute approximate surface area is 116 Å². The molecule has 0 amide bonds. The van der Waals surface area contributed by atoms with E-state index in [1.807, 2.05) is 0 Å². The lowest BCUT2D eigenvalue weighted by Gasteiger charge is -2.18. The van der Waals surface area contributed by atoms with Gasteiger partial charge in [-0.05, 0) is 31.0 Å². The van der Waals surface area contributed by atoms with Gasteiger partial charge in [-0.15, -0.1) is 0 Å². The van der Waals surface area contributed by atoms with E-state index >= 15 is 0 Å². The average Bonchev–Trinajstić information content (AvgIpc) is 2.44. The molecule has 1 atom stereocenters. The van der Waals surface area contributed by atoms with Gasteiger partial charge in [0, 0.05) is 12.5 Å². The summed E-state index contributed by atoms with van der Waals surface area (Å²) in [5.74, 6) is 0.544. The highest BCUT2D eigenvalue weighted by molar-refractivity contribution is 5.28. The number of benzene rings is 2. The number of hydrogen-bond acceptors (Lipinski definition) is 1. The van der Waals surface area contributed by atoms with E-state index in [0.29, 0.717) is 5.92 Å². The van der Waals surface area contributed by atoms with E-state index in [-0.39, 0.29) is 0 Å². The third-order valence-electron chi connectivity index (χ3n) is 3.48. The van der Waals surface area contributed by atoms with Crippen molar-refractivity contribution in [2.75, 3.05) is 13.1 Å². The summed E-state index contributed by atoms with van der Waals surface area (Å²) in [4.78, 5) is 0. The first-order chi connectivity index (χ1) is 9.29. The van der Waals surface area contributed by atoms with Crippen molar-refractivity contribution in [3.63, 3.8) is 0 Å². The van der Waals surface area contributed by atoms with Crippen molar-refractivity contribution < 1.29 is 0 Å². The largest absolute Gasteiger partial charge is 0.316 e. The fourth-order valence-electron chi connectivity index (χ4n) is 2.45. The van der Waals surface area contributed by atoms with Crippen LogP contribution in [0.1, 0.15) is 29.5 Å². The molecular formula is C18H23N. The molecule has 0 spiro atoms. The van der Waals surface area contributed by atoms with Gasteiger partial charge in [0.25, 0.3) is 0 Å². The van der Waals surface area contributed by atoms with Crippen LogP contribution in [0.5, 0.6) is 0 Å². The molecule has 19 heavy (non-hydrogen) atoms. The molecule has 0 bridgehead atoms. The molecule has 100 valence electrons. The summed E-state index contributed by atoms with van der Waals surface area (Å²) in [6, 6.07) is 19.6. The minimum absolute atomic E-state index is 0.544. The van der Waals surface area contributed by atoms with Crippen molar-refractivity contribution in [3.8, 4) is 0 Å². The van der Waals surface area contributed by atoms with Crippen LogP contribution in [0.2, 0.25) is 0 Å². The Balaban J connectivity index is 2.16. The van der Waals surface area contributed by atoms with E-state index in [1.54, 1.807) is 0 Å². The molecule has 2 rings (SSSR count). The highest BCUT2D eigenvalue weighted by atomic mass is 14.8. The van der Waals surface area contributed by atoms with Crippen LogP contribution in [0.15, 0.2) is 54.6 Å². The zero-order valence-electron chi connectivity index (χ0n) is 11.9. The molecule has 0 aliphatic heterocycles. The fourth-order valence-corrected chi connectivity index (χ4v) is 2.45. The van der Waals surface area contributed by atoms with Crippen LogP contribution >= 0.6 is 0 Å². The van der Waals surface area contributed by atoms with Gasteiger partial charge in [0.05, 0.1) is 0 Å². The summed E-state index contributed by atoms with van der Waals surface area (Å²) in [5.41, 5.74) is 4.18. The minimum Gasteiger partial charge on any atom is -0.316 e. The third-order valence-corrected chi connectivity index (χ3v) is 3.48. The summed E-state index contributed by atoms with van der Waals surface area (Å²) in [6.45, 7) is 6.39. The molecule has 2 aromatic rings. The van der Waals surface area contributed by atoms with Gasteiger partial charge < -0.3 is 5.32 Å². The predicted molar refractivity (Wildman–Crippen MR) is 82.6 cm³/mol. The van der Waals surface area contributed by atoms with Crippen LogP contribution in [0.25, 0.3) is 0 Å². The van der Waals surface area contributed by atoms with Gasteiger partial charge in [-0.3, -0.25) is 0 Å². The van der Waals surface area contributed by atoms with Gasteiger partial charge in [-0.2, -0.15) is 0 Å². The monoisotopic (exact) mass is 253 g/mol. The lowest BCUT2D eigenvalue weighted by atomic mass is 9.91. The molecule has 0 aliphatic carbocycles. The van der Waals surface area contributed by atoms with Crippen LogP contribution in [0.4, 0.5) is 0 Å². The summed E-state index contributed by atoms with van der Waals surface area (Å²) < 4.78 is 0. The summed E-state index contributed by atoms with van der Waals surface area (Å²) in [7, 11) is 0. The van der Waals surface area contributed by atoms with Crippen molar-refractivity contribution >= 4 is 0 Å². The lowest BCUT2D eigenvalue weighted by Crippen LogP contribution is -2.22. The second-order valence-electron chi connectivity index (χ2n) is 5.11. The van der Waals surface area contributed by atoms with Gasteiger partial charge in [-0.25, -0.2) is 0 Å². The quantitative estimate of drug-likeness (QED) is 0.822. The standard InChI is InChI=1S/C18H23N/c1-3-19-14-18(13-16-9-5-4-6-10-16)17-11-7-8-15(2)12-17/h4-12,18-19H,3,13-14H2,1-2H3. The van der Waals surface area contributed by atoms with Crippen molar-refractivity contribution in [3.05, 3.63) is 71.3 Å². The van der Waals surface area contributed by atoms with E-state index < -0.39 is 0 Å². The number of nitrogens with one attached hydrogen (secondary N) is 1. The molecule has 0 heterocycles. The topological polar surface area (TPSA) is 12.0 Å². The zero-order chi connectivity index (χ0) is 13.5. The SMILES string of the molecule is CCNCC(Cc1ccccc1)c1cccc(C)c1. The molecule has 0 saturated carbocycles. The minimum atomic E-state index is 0.544. The Kier molecular flexibility index (Phi) is 5.17. The Morgan fingerprint density at radius 2 is 1.79 bits per heavy atom. The molecule has 0 aromatic heterocycles. The van der Waals surface area contributed by atoms with Crippen LogP contribution in [-0.2, 0) is 6.42 Å². The van der Waals surface area contributed by atoms with E-state index in [1.165, 1.54) is 16.7 Å². The molecule has 0 radical (unpaired) electrons. The highest BCUT2D eigenvalue weighted by Crippen LogP contribution is 2.21. The maximum atomic E-state index is 3.49. The van der Waals surface area contributed by atoms with Crippen LogP contribution < -0.4 is 5.32 Å². The van der Waals surface area contributed by atoms with Gasteiger partial charge in [-0.1, -0.05) is 67.1 Å². The average molecular weight is 253 g/mol. The maximum absolute atomic E-state index is 3.49. The zero-order valence-corrected chi connectivity index (χ0v) is 11.9. The Morgan fingerprint density at radius 1 is 1.00 bits per heavy atom. The molecule has 1 N–H and O–H groups in total. The molecule has 1 heteroatoms. The first-order valence-electron chi connectivity index (χ1n) is 7.10. The smallest absolute Gasteiger partial charge is 0.00232 e. The molecule has 2 aromatic carbocycles.